The van der Waals surface area contributed by atoms with Crippen molar-refractivity contribution in [2.75, 3.05) is 33.7 Å². The lowest BCUT2D eigenvalue weighted by Crippen LogP contribution is -2.14. The van der Waals surface area contributed by atoms with Crippen LogP contribution in [-0.2, 0) is 78.5 Å². The molecule has 0 aromatic heterocycles. The van der Waals surface area contributed by atoms with Crippen LogP contribution in [0.3, 0.4) is 0 Å². The molecule has 1 atom stereocenters. The highest BCUT2D eigenvalue weighted by atomic mass is 79.9. The number of thiol groups is 1. The summed E-state index contributed by atoms with van der Waals surface area (Å²) in [5.41, 5.74) is 13.1. The van der Waals surface area contributed by atoms with Gasteiger partial charge in [-0.2, -0.15) is 0 Å². The number of phenols is 3. The van der Waals surface area contributed by atoms with E-state index in [9.17, 15) is 29.7 Å². The number of esters is 1. The molecular formula is C74H92Br4O11S2. The minimum Gasteiger partial charge on any atom is -0.508 e. The maximum atomic E-state index is 11.9. The first-order chi connectivity index (χ1) is 43.8. The van der Waals surface area contributed by atoms with E-state index in [1.54, 1.807) is 45.2 Å². The SMILES string of the molecule is CCCCC(CC)COC(=O)CCSc1cc(O)c2c(c1)CCCC2.COc1cc(Br)cc2c1CCCC2.COc1cc(Br)cc2c1CCCC2=O.COc1cc(Br)ccc1CCCC(=O)O.Oc1cc(Br)cc2c1CCCC2.Oc1cc(S)cc2c1CCCC2. The van der Waals surface area contributed by atoms with E-state index >= 15 is 0 Å². The van der Waals surface area contributed by atoms with Gasteiger partial charge in [-0.25, -0.2) is 0 Å². The molecule has 0 saturated carbocycles. The highest BCUT2D eigenvalue weighted by molar-refractivity contribution is 9.11. The van der Waals surface area contributed by atoms with Crippen molar-refractivity contribution in [2.24, 2.45) is 5.92 Å². The second-order valence-corrected chi connectivity index (χ2v) is 29.0. The molecule has 6 aromatic rings. The summed E-state index contributed by atoms with van der Waals surface area (Å²) < 4.78 is 25.3. The molecule has 0 aliphatic heterocycles. The molecule has 0 saturated heterocycles. The van der Waals surface area contributed by atoms with Crippen LogP contribution >= 0.6 is 88.1 Å². The topological polar surface area (TPSA) is 169 Å². The van der Waals surface area contributed by atoms with E-state index in [0.717, 1.165) is 155 Å². The Morgan fingerprint density at radius 1 is 0.538 bits per heavy atom. The van der Waals surface area contributed by atoms with Crippen LogP contribution < -0.4 is 14.2 Å². The van der Waals surface area contributed by atoms with Crippen molar-refractivity contribution < 1.29 is 53.8 Å². The number of fused-ring (bicyclic) bond motifs is 5. The van der Waals surface area contributed by atoms with Gasteiger partial charge in [0.25, 0.3) is 0 Å². The molecule has 0 amide bonds. The number of rotatable bonds is 17. The van der Waals surface area contributed by atoms with Gasteiger partial charge in [0, 0.05) is 57.4 Å². The average Bonchev–Trinajstić information content (AvgIpc) is 3.73. The monoisotopic (exact) mass is 1540 g/mol. The average molecular weight is 1540 g/mol. The van der Waals surface area contributed by atoms with E-state index in [2.05, 4.69) is 121 Å². The summed E-state index contributed by atoms with van der Waals surface area (Å²) in [6.45, 7) is 4.90. The maximum absolute atomic E-state index is 11.9. The second-order valence-electron chi connectivity index (χ2n) is 23.6. The number of halogens is 4. The molecular weight excluding hydrogens is 1450 g/mol. The third-order valence-corrected chi connectivity index (χ3v) is 20.2. The van der Waals surface area contributed by atoms with Gasteiger partial charge in [0.05, 0.1) is 34.4 Å². The van der Waals surface area contributed by atoms with Crippen molar-refractivity contribution in [3.8, 4) is 34.5 Å². The smallest absolute Gasteiger partial charge is 0.306 e. The number of phenolic OH excluding ortho intramolecular Hbond substituents is 3. The van der Waals surface area contributed by atoms with Crippen LogP contribution in [0, 0.1) is 5.92 Å². The number of aryl methyl sites for hydroxylation is 5. The zero-order valence-corrected chi connectivity index (χ0v) is 61.7. The Hall–Kier alpha value is -4.65. The Morgan fingerprint density at radius 2 is 1.03 bits per heavy atom. The van der Waals surface area contributed by atoms with Gasteiger partial charge in [-0.15, -0.1) is 24.4 Å². The fourth-order valence-corrected chi connectivity index (χ4v) is 15.1. The van der Waals surface area contributed by atoms with Crippen molar-refractivity contribution in [1.82, 2.24) is 0 Å². The van der Waals surface area contributed by atoms with E-state index < -0.39 is 5.97 Å². The third-order valence-electron chi connectivity index (χ3n) is 17.1. The maximum Gasteiger partial charge on any atom is 0.306 e. The van der Waals surface area contributed by atoms with Gasteiger partial charge in [-0.3, -0.25) is 14.4 Å². The highest BCUT2D eigenvalue weighted by Crippen LogP contribution is 2.38. The molecule has 5 aliphatic rings. The van der Waals surface area contributed by atoms with Crippen LogP contribution in [0.1, 0.15) is 189 Å². The lowest BCUT2D eigenvalue weighted by Gasteiger charge is -2.18. The molecule has 0 bridgehead atoms. The van der Waals surface area contributed by atoms with E-state index in [-0.39, 0.29) is 18.2 Å². The molecule has 494 valence electrons. The quantitative estimate of drug-likeness (QED) is 0.0333. The number of Topliss-reactive ketones (excluding diaryl/α,β-unsaturated/α-hetero) is 1. The number of carbonyl (C=O) groups is 3. The van der Waals surface area contributed by atoms with Gasteiger partial charge in [0.15, 0.2) is 5.78 Å². The summed E-state index contributed by atoms with van der Waals surface area (Å²) in [5.74, 6) is 4.53. The molecule has 0 heterocycles. The van der Waals surface area contributed by atoms with Crippen LogP contribution in [0.4, 0.5) is 0 Å². The van der Waals surface area contributed by atoms with Crippen LogP contribution in [0.5, 0.6) is 34.5 Å². The minimum atomic E-state index is -0.758. The Morgan fingerprint density at radius 3 is 1.62 bits per heavy atom. The molecule has 0 spiro atoms. The lowest BCUT2D eigenvalue weighted by molar-refractivity contribution is -0.144. The molecule has 11 nitrogen and oxygen atoms in total. The van der Waals surface area contributed by atoms with Gasteiger partial charge in [0.1, 0.15) is 34.5 Å². The number of carbonyl (C=O) groups excluding carboxylic acids is 2. The number of hydrogen-bond acceptors (Lipinski definition) is 12. The molecule has 4 N–H and O–H groups in total. The number of unbranched alkanes of at least 4 members (excludes halogenated alkanes) is 1. The largest absolute Gasteiger partial charge is 0.508 e. The van der Waals surface area contributed by atoms with E-state index in [1.807, 2.05) is 36.4 Å². The molecule has 0 radical (unpaired) electrons. The first-order valence-electron chi connectivity index (χ1n) is 32.3. The fraction of sp³-hybridized carbons (Fsp3) is 0.473. The summed E-state index contributed by atoms with van der Waals surface area (Å²) >= 11 is 19.5. The predicted molar refractivity (Wildman–Crippen MR) is 385 cm³/mol. The van der Waals surface area contributed by atoms with Gasteiger partial charge >= 0.3 is 11.9 Å². The summed E-state index contributed by atoms with van der Waals surface area (Å²) in [6.07, 6.45) is 27.7. The van der Waals surface area contributed by atoms with Crippen molar-refractivity contribution in [2.45, 2.75) is 197 Å². The van der Waals surface area contributed by atoms with E-state index in [1.165, 1.54) is 98.4 Å². The number of aromatic hydroxyl groups is 3. The van der Waals surface area contributed by atoms with Crippen LogP contribution in [0.15, 0.2) is 107 Å². The fourth-order valence-electron chi connectivity index (χ4n) is 12.2. The number of ketones is 1. The Balaban J connectivity index is 0.000000178. The van der Waals surface area contributed by atoms with Gasteiger partial charge < -0.3 is 39.4 Å². The molecule has 0 fully saturated rings. The molecule has 11 rings (SSSR count). The highest BCUT2D eigenvalue weighted by Gasteiger charge is 2.22. The summed E-state index contributed by atoms with van der Waals surface area (Å²) in [7, 11) is 5.00. The second kappa shape index (κ2) is 39.9. The number of aliphatic carboxylic acids is 1. The Bertz CT molecular complexity index is 3270. The van der Waals surface area contributed by atoms with Crippen molar-refractivity contribution in [3.63, 3.8) is 0 Å². The van der Waals surface area contributed by atoms with Gasteiger partial charge in [-0.1, -0.05) is 103 Å². The Kier molecular flexibility index (Phi) is 33.1. The normalized spacial score (nSPS) is 14.4. The molecule has 91 heavy (non-hydrogen) atoms. The minimum absolute atomic E-state index is 0.107. The zero-order valence-electron chi connectivity index (χ0n) is 53.6. The zero-order chi connectivity index (χ0) is 65.8. The van der Waals surface area contributed by atoms with Gasteiger partial charge in [0.2, 0.25) is 0 Å². The summed E-state index contributed by atoms with van der Waals surface area (Å²) in [6, 6.07) is 25.6. The van der Waals surface area contributed by atoms with Crippen molar-refractivity contribution in [1.29, 1.82) is 0 Å². The number of thioether (sulfide) groups is 1. The van der Waals surface area contributed by atoms with Gasteiger partial charge in [-0.05, 0) is 264 Å². The van der Waals surface area contributed by atoms with E-state index in [4.69, 9.17) is 24.1 Å². The number of methoxy groups -OCH3 is 3. The van der Waals surface area contributed by atoms with Crippen LogP contribution in [0.2, 0.25) is 0 Å². The first kappa shape index (κ1) is 75.4. The summed E-state index contributed by atoms with van der Waals surface area (Å²) in [5, 5.41) is 37.9. The Labute approximate surface area is 583 Å². The van der Waals surface area contributed by atoms with Crippen LogP contribution in [0.25, 0.3) is 0 Å². The lowest BCUT2D eigenvalue weighted by atomic mass is 9.90. The number of benzene rings is 6. The predicted octanol–water partition coefficient (Wildman–Crippen LogP) is 20.3. The first-order valence-corrected chi connectivity index (χ1v) is 36.9. The number of hydrogen-bond donors (Lipinski definition) is 5. The van der Waals surface area contributed by atoms with Crippen LogP contribution in [-0.4, -0.2) is 71.8 Å². The number of carboxylic acid groups (broad SMARTS) is 1. The molecule has 17 heteroatoms. The van der Waals surface area contributed by atoms with Crippen molar-refractivity contribution in [3.05, 3.63) is 158 Å². The summed E-state index contributed by atoms with van der Waals surface area (Å²) in [4.78, 5) is 35.9. The number of carboxylic acids is 1. The molecule has 5 aliphatic carbocycles. The van der Waals surface area contributed by atoms with Crippen molar-refractivity contribution >= 4 is 106 Å². The standard InChI is InChI=1S/C21H32O3S.C11H13BrO3.C11H11BrO2.C11H13BrO.C10H11BrO.C10H12OS/c1-3-5-8-16(4-2)15-24-21(23)11-12-25-18-13-17-9-6-7-10-19(17)20(22)14-18;1-15-10-7-9(12)6-5-8(10)3-2-4-11(13)14;1-14-11-6-7(12)5-9-8(11)3-2-4-10(9)13;1-13-11-7-9(12)6-8-4-2-3-5-10(8)11;11-8-5-7-3-1-2-4-9(7)10(12)6-8;11-10-6-8(12)5-7-3-1-2-4-9(7)10/h13-14,16,22H,3-12,15H2,1-2H3;5-7H,2-4H2,1H3,(H,13,14);5-6H,2-4H2,1H3;6-7H,2-5H2,1H3;5-6,12H,1-4H2;5-6,11-12H,1-4H2. The third kappa shape index (κ3) is 24.6. The number of ether oxygens (including phenoxy) is 4. The molecule has 1 unspecified atom stereocenters. The van der Waals surface area contributed by atoms with E-state index in [0.29, 0.717) is 54.8 Å². The molecule has 6 aromatic carbocycles.